The number of fused-ring (bicyclic) bond motifs is 6. The van der Waals surface area contributed by atoms with Crippen molar-refractivity contribution in [3.8, 4) is 0 Å². The normalized spacial score (nSPS) is 19.3. The molecule has 2 heterocycles. The lowest BCUT2D eigenvalue weighted by atomic mass is 9.67. The van der Waals surface area contributed by atoms with Gasteiger partial charge in [-0.25, -0.2) is 0 Å². The Balaban J connectivity index is 0.000000235. The van der Waals surface area contributed by atoms with Crippen molar-refractivity contribution in [2.45, 2.75) is 57.5 Å². The van der Waals surface area contributed by atoms with Crippen LogP contribution in [0.3, 0.4) is 0 Å². The molecule has 240 valence electrons. The second-order valence-corrected chi connectivity index (χ2v) is 13.6. The molecule has 0 fully saturated rings. The summed E-state index contributed by atoms with van der Waals surface area (Å²) in [6.07, 6.45) is 5.11. The largest absolute Gasteiger partial charge is 0.461 e. The molecule has 0 spiro atoms. The van der Waals surface area contributed by atoms with Gasteiger partial charge in [0.25, 0.3) is 0 Å². The summed E-state index contributed by atoms with van der Waals surface area (Å²) in [4.78, 5) is 26.4. The van der Waals surface area contributed by atoms with E-state index in [1.807, 2.05) is 54.6 Å². The third kappa shape index (κ3) is 5.44. The van der Waals surface area contributed by atoms with Gasteiger partial charge in [-0.05, 0) is 109 Å². The van der Waals surface area contributed by atoms with Crippen molar-refractivity contribution in [1.82, 2.24) is 0 Å². The van der Waals surface area contributed by atoms with Crippen molar-refractivity contribution in [1.29, 1.82) is 0 Å². The fraction of sp³-hybridized carbons (Fsp3) is 0.209. The molecule has 0 bridgehead atoms. The molecule has 2 unspecified atom stereocenters. The van der Waals surface area contributed by atoms with E-state index in [-0.39, 0.29) is 23.0 Å². The van der Waals surface area contributed by atoms with Crippen LogP contribution in [0.1, 0.15) is 84.8 Å². The molecule has 0 radical (unpaired) electrons. The lowest BCUT2D eigenvalue weighted by Gasteiger charge is -2.39. The highest BCUT2D eigenvalue weighted by Gasteiger charge is 2.42. The molecule has 2 aliphatic rings. The number of anilines is 1. The molecule has 0 saturated heterocycles. The van der Waals surface area contributed by atoms with Crippen LogP contribution < -0.4 is 11.1 Å². The Kier molecular flexibility index (Phi) is 7.89. The van der Waals surface area contributed by atoms with E-state index in [1.165, 1.54) is 28.7 Å². The summed E-state index contributed by atoms with van der Waals surface area (Å²) in [5, 5.41) is 7.36. The van der Waals surface area contributed by atoms with Crippen molar-refractivity contribution in [3.63, 3.8) is 0 Å². The van der Waals surface area contributed by atoms with Crippen molar-refractivity contribution in [2.75, 3.05) is 5.32 Å². The smallest absolute Gasteiger partial charge is 0.228 e. The molecule has 0 saturated carbocycles. The SMILES string of the molecule is CC(=O)C1(N)CCC(c2ccccc2)c2c1ccc1c2cc(C(=O)c2ccco2)c2ccccc21.CC1=CC(C)(C)Nc2ccccc21. The molecule has 2 atom stereocenters. The first-order valence-corrected chi connectivity index (χ1v) is 16.6. The van der Waals surface area contributed by atoms with Crippen molar-refractivity contribution in [2.24, 2.45) is 5.73 Å². The van der Waals surface area contributed by atoms with Gasteiger partial charge in [0.2, 0.25) is 5.78 Å². The summed E-state index contributed by atoms with van der Waals surface area (Å²) in [5.41, 5.74) is 13.4. The summed E-state index contributed by atoms with van der Waals surface area (Å²) >= 11 is 0. The highest BCUT2D eigenvalue weighted by molar-refractivity contribution is 6.22. The average molecular weight is 633 g/mol. The van der Waals surface area contributed by atoms with E-state index in [9.17, 15) is 9.59 Å². The quantitative estimate of drug-likeness (QED) is 0.149. The van der Waals surface area contributed by atoms with Gasteiger partial charge < -0.3 is 15.5 Å². The first kappa shape index (κ1) is 31.3. The fourth-order valence-electron chi connectivity index (χ4n) is 7.67. The minimum absolute atomic E-state index is 0.0442. The van der Waals surface area contributed by atoms with Crippen LogP contribution in [0.4, 0.5) is 5.69 Å². The lowest BCUT2D eigenvalue weighted by molar-refractivity contribution is -0.122. The number of ketones is 2. The number of nitrogens with two attached hydrogens (primary N) is 1. The van der Waals surface area contributed by atoms with Gasteiger partial charge in [-0.15, -0.1) is 0 Å². The number of hydrogen-bond donors (Lipinski definition) is 2. The predicted octanol–water partition coefficient (Wildman–Crippen LogP) is 9.78. The minimum atomic E-state index is -1.05. The van der Waals surface area contributed by atoms with Gasteiger partial charge in [-0.2, -0.15) is 0 Å². The fourth-order valence-corrected chi connectivity index (χ4v) is 7.67. The van der Waals surface area contributed by atoms with Crippen LogP contribution >= 0.6 is 0 Å². The van der Waals surface area contributed by atoms with E-state index in [0.717, 1.165) is 39.1 Å². The number of allylic oxidation sites excluding steroid dienone is 1. The summed E-state index contributed by atoms with van der Waals surface area (Å²) < 4.78 is 5.46. The number of furan rings is 1. The standard InChI is InChI=1S/C31H25NO3.C12H15N/c1-19(33)31(32)16-15-21(20-8-3-2-4-9-20)29-25-18-26(30(34)28-12-7-17-35-28)23-11-6-5-10-22(23)24(25)13-14-27(29)31;1-9-8-12(2,3)13-11-7-5-4-6-10(9)11/h2-14,17-18,21H,15-16,32H2,1H3;4-8,13H,1-3H3. The number of rotatable bonds is 4. The van der Waals surface area contributed by atoms with Crippen LogP contribution in [-0.4, -0.2) is 17.1 Å². The second kappa shape index (κ2) is 12.1. The van der Waals surface area contributed by atoms with Crippen LogP contribution in [0.25, 0.3) is 27.1 Å². The zero-order valence-corrected chi connectivity index (χ0v) is 27.8. The molecule has 8 rings (SSSR count). The zero-order chi connectivity index (χ0) is 33.6. The highest BCUT2D eigenvalue weighted by Crippen LogP contribution is 2.48. The van der Waals surface area contributed by atoms with E-state index < -0.39 is 5.54 Å². The van der Waals surface area contributed by atoms with Gasteiger partial charge in [0.1, 0.15) is 5.54 Å². The summed E-state index contributed by atoms with van der Waals surface area (Å²) in [6, 6.07) is 36.2. The van der Waals surface area contributed by atoms with Crippen LogP contribution in [0.15, 0.2) is 126 Å². The number of Topliss-reactive ketones (excluding diaryl/α,β-unsaturated/α-hetero) is 1. The molecule has 5 heteroatoms. The topological polar surface area (TPSA) is 85.3 Å². The number of benzene rings is 5. The first-order valence-electron chi connectivity index (χ1n) is 16.6. The Labute approximate surface area is 281 Å². The number of carbonyl (C=O) groups is 2. The van der Waals surface area contributed by atoms with Gasteiger partial charge in [-0.3, -0.25) is 9.59 Å². The molecule has 5 aromatic carbocycles. The Morgan fingerprint density at radius 2 is 1.50 bits per heavy atom. The van der Waals surface area contributed by atoms with E-state index in [4.69, 9.17) is 10.2 Å². The second-order valence-electron chi connectivity index (χ2n) is 13.6. The predicted molar refractivity (Wildman–Crippen MR) is 195 cm³/mol. The number of para-hydroxylation sites is 1. The highest BCUT2D eigenvalue weighted by atomic mass is 16.3. The molecule has 3 N–H and O–H groups in total. The van der Waals surface area contributed by atoms with Crippen molar-refractivity contribution >= 4 is 44.4 Å². The molecule has 0 amide bonds. The van der Waals surface area contributed by atoms with Crippen LogP contribution in [-0.2, 0) is 10.3 Å². The van der Waals surface area contributed by atoms with E-state index in [0.29, 0.717) is 17.7 Å². The maximum absolute atomic E-state index is 13.5. The Morgan fingerprint density at radius 1 is 0.812 bits per heavy atom. The maximum Gasteiger partial charge on any atom is 0.228 e. The first-order chi connectivity index (χ1) is 23.1. The molecular weight excluding hydrogens is 592 g/mol. The van der Waals surface area contributed by atoms with Crippen LogP contribution in [0.2, 0.25) is 0 Å². The molecular formula is C43H40N2O3. The van der Waals surface area contributed by atoms with Crippen LogP contribution in [0, 0.1) is 0 Å². The Morgan fingerprint density at radius 3 is 2.23 bits per heavy atom. The molecule has 1 aliphatic heterocycles. The molecule has 6 aromatic rings. The average Bonchev–Trinajstić information content (AvgIpc) is 3.63. The number of hydrogen-bond acceptors (Lipinski definition) is 5. The monoisotopic (exact) mass is 632 g/mol. The molecule has 1 aromatic heterocycles. The molecule has 5 nitrogen and oxygen atoms in total. The summed E-state index contributed by atoms with van der Waals surface area (Å²) in [5.74, 6) is 0.162. The Hall–Kier alpha value is -5.26. The van der Waals surface area contributed by atoms with E-state index >= 15 is 0 Å². The summed E-state index contributed by atoms with van der Waals surface area (Å²) in [7, 11) is 0. The zero-order valence-electron chi connectivity index (χ0n) is 27.8. The minimum Gasteiger partial charge on any atom is -0.461 e. The van der Waals surface area contributed by atoms with Gasteiger partial charge in [0, 0.05) is 22.7 Å². The molecule has 48 heavy (non-hydrogen) atoms. The lowest BCUT2D eigenvalue weighted by Crippen LogP contribution is -2.47. The Bertz CT molecular complexity index is 2210. The van der Waals surface area contributed by atoms with Crippen molar-refractivity contribution in [3.05, 3.63) is 155 Å². The van der Waals surface area contributed by atoms with E-state index in [2.05, 4.69) is 74.6 Å². The number of carbonyl (C=O) groups excluding carboxylic acids is 2. The summed E-state index contributed by atoms with van der Waals surface area (Å²) in [6.45, 7) is 8.11. The van der Waals surface area contributed by atoms with Gasteiger partial charge >= 0.3 is 0 Å². The maximum atomic E-state index is 13.5. The van der Waals surface area contributed by atoms with Gasteiger partial charge in [0.05, 0.1) is 11.8 Å². The third-order valence-electron chi connectivity index (χ3n) is 9.95. The van der Waals surface area contributed by atoms with Crippen LogP contribution in [0.5, 0.6) is 0 Å². The van der Waals surface area contributed by atoms with Crippen molar-refractivity contribution < 1.29 is 14.0 Å². The molecule has 1 aliphatic carbocycles. The van der Waals surface area contributed by atoms with Gasteiger partial charge in [0.15, 0.2) is 11.5 Å². The van der Waals surface area contributed by atoms with E-state index in [1.54, 1.807) is 19.1 Å². The number of nitrogens with one attached hydrogen (secondary N) is 1. The third-order valence-corrected chi connectivity index (χ3v) is 9.95. The van der Waals surface area contributed by atoms with Gasteiger partial charge in [-0.1, -0.05) is 91.0 Å².